The molecule has 0 amide bonds. The van der Waals surface area contributed by atoms with E-state index >= 15 is 0 Å². The average Bonchev–Trinajstić information content (AvgIpc) is 2.71. The van der Waals surface area contributed by atoms with Crippen LogP contribution in [0.4, 0.5) is 5.95 Å². The highest BCUT2D eigenvalue weighted by molar-refractivity contribution is 6.31. The number of rotatable bonds is 1. The molecule has 19 heavy (non-hydrogen) atoms. The Hall–Kier alpha value is -2.00. The van der Waals surface area contributed by atoms with Gasteiger partial charge in [-0.25, -0.2) is 4.98 Å². The molecule has 1 heterocycles. The van der Waals surface area contributed by atoms with Gasteiger partial charge in [0.15, 0.2) is 0 Å². The van der Waals surface area contributed by atoms with E-state index < -0.39 is 0 Å². The average molecular weight is 272 g/mol. The Kier molecular flexibility index (Phi) is 2.72. The van der Waals surface area contributed by atoms with Gasteiger partial charge in [-0.15, -0.1) is 0 Å². The maximum atomic E-state index is 6.19. The highest BCUT2D eigenvalue weighted by Crippen LogP contribution is 2.29. The lowest BCUT2D eigenvalue weighted by Gasteiger charge is -2.11. The second kappa shape index (κ2) is 4.28. The van der Waals surface area contributed by atoms with Gasteiger partial charge in [-0.05, 0) is 43.2 Å². The molecule has 0 aliphatic carbocycles. The molecule has 1 aromatic heterocycles. The van der Waals surface area contributed by atoms with Gasteiger partial charge in [0.25, 0.3) is 0 Å². The monoisotopic (exact) mass is 271 g/mol. The minimum Gasteiger partial charge on any atom is -0.369 e. The molecule has 0 aliphatic rings. The highest BCUT2D eigenvalue weighted by Gasteiger charge is 2.13. The summed E-state index contributed by atoms with van der Waals surface area (Å²) in [5.41, 5.74) is 11.1. The Morgan fingerprint density at radius 3 is 2.63 bits per heavy atom. The predicted molar refractivity (Wildman–Crippen MR) is 80.0 cm³/mol. The molecule has 3 aromatic rings. The van der Waals surface area contributed by atoms with E-state index in [2.05, 4.69) is 4.98 Å². The molecule has 0 saturated carbocycles. The lowest BCUT2D eigenvalue weighted by Crippen LogP contribution is -2.02. The Morgan fingerprint density at radius 2 is 1.84 bits per heavy atom. The second-order valence-corrected chi connectivity index (χ2v) is 5.04. The first-order valence-electron chi connectivity index (χ1n) is 6.08. The van der Waals surface area contributed by atoms with Gasteiger partial charge in [0.2, 0.25) is 5.95 Å². The topological polar surface area (TPSA) is 43.8 Å². The summed E-state index contributed by atoms with van der Waals surface area (Å²) in [6, 6.07) is 11.9. The molecular weight excluding hydrogens is 258 g/mol. The largest absolute Gasteiger partial charge is 0.369 e. The van der Waals surface area contributed by atoms with Crippen LogP contribution in [0.25, 0.3) is 16.7 Å². The molecule has 3 rings (SSSR count). The third kappa shape index (κ3) is 1.78. The maximum Gasteiger partial charge on any atom is 0.205 e. The van der Waals surface area contributed by atoms with Crippen molar-refractivity contribution < 1.29 is 0 Å². The van der Waals surface area contributed by atoms with E-state index in [1.807, 2.05) is 54.8 Å². The molecule has 2 aromatic carbocycles. The van der Waals surface area contributed by atoms with Crippen molar-refractivity contribution in [1.82, 2.24) is 9.55 Å². The molecule has 0 bridgehead atoms. The molecule has 3 nitrogen and oxygen atoms in total. The van der Waals surface area contributed by atoms with Crippen molar-refractivity contribution >= 4 is 28.6 Å². The highest BCUT2D eigenvalue weighted by atomic mass is 35.5. The van der Waals surface area contributed by atoms with E-state index in [-0.39, 0.29) is 0 Å². The van der Waals surface area contributed by atoms with Crippen LogP contribution in [0.5, 0.6) is 0 Å². The molecule has 96 valence electrons. The summed E-state index contributed by atoms with van der Waals surface area (Å²) < 4.78 is 1.95. The molecule has 0 fully saturated rings. The predicted octanol–water partition coefficient (Wildman–Crippen LogP) is 3.88. The van der Waals surface area contributed by atoms with Crippen LogP contribution in [0.2, 0.25) is 5.02 Å². The standard InChI is InChI=1S/C15H14ClN3/c1-9-5-3-8-13-14(9)18-15(17)19(13)12-7-4-6-11(16)10(12)2/h3-8H,1-2H3,(H2,17,18). The van der Waals surface area contributed by atoms with Gasteiger partial charge in [0, 0.05) is 5.02 Å². The van der Waals surface area contributed by atoms with Crippen LogP contribution < -0.4 is 5.73 Å². The van der Waals surface area contributed by atoms with Gasteiger partial charge < -0.3 is 5.73 Å². The van der Waals surface area contributed by atoms with Gasteiger partial charge >= 0.3 is 0 Å². The van der Waals surface area contributed by atoms with Gasteiger partial charge in [0.1, 0.15) is 0 Å². The third-order valence-corrected chi connectivity index (χ3v) is 3.80. The Morgan fingerprint density at radius 1 is 1.11 bits per heavy atom. The number of fused-ring (bicyclic) bond motifs is 1. The second-order valence-electron chi connectivity index (χ2n) is 4.63. The van der Waals surface area contributed by atoms with Crippen molar-refractivity contribution in [3.05, 3.63) is 52.5 Å². The quantitative estimate of drug-likeness (QED) is 0.730. The summed E-state index contributed by atoms with van der Waals surface area (Å²) in [4.78, 5) is 4.46. The Labute approximate surface area is 116 Å². The maximum absolute atomic E-state index is 6.19. The van der Waals surface area contributed by atoms with E-state index in [4.69, 9.17) is 17.3 Å². The van der Waals surface area contributed by atoms with Crippen molar-refractivity contribution in [2.75, 3.05) is 5.73 Å². The van der Waals surface area contributed by atoms with Crippen LogP contribution in [-0.4, -0.2) is 9.55 Å². The van der Waals surface area contributed by atoms with E-state index in [1.165, 1.54) is 0 Å². The van der Waals surface area contributed by atoms with Crippen LogP contribution in [0.1, 0.15) is 11.1 Å². The van der Waals surface area contributed by atoms with E-state index in [1.54, 1.807) is 0 Å². The summed E-state index contributed by atoms with van der Waals surface area (Å²) in [6.45, 7) is 4.02. The lowest BCUT2D eigenvalue weighted by atomic mass is 10.1. The number of nitrogens with zero attached hydrogens (tertiary/aromatic N) is 2. The molecule has 0 atom stereocenters. The van der Waals surface area contributed by atoms with Gasteiger partial charge in [-0.3, -0.25) is 4.57 Å². The van der Waals surface area contributed by atoms with Crippen LogP contribution in [0.15, 0.2) is 36.4 Å². The third-order valence-electron chi connectivity index (χ3n) is 3.39. The number of aromatic nitrogens is 2. The molecule has 0 radical (unpaired) electrons. The number of hydrogen-bond acceptors (Lipinski definition) is 2. The van der Waals surface area contributed by atoms with Crippen molar-refractivity contribution in [3.8, 4) is 5.69 Å². The fourth-order valence-corrected chi connectivity index (χ4v) is 2.52. The van der Waals surface area contributed by atoms with E-state index in [0.29, 0.717) is 5.95 Å². The normalized spacial score (nSPS) is 11.1. The first-order valence-corrected chi connectivity index (χ1v) is 6.46. The first kappa shape index (κ1) is 12.1. The summed E-state index contributed by atoms with van der Waals surface area (Å²) in [5, 5.41) is 0.728. The zero-order chi connectivity index (χ0) is 13.6. The SMILES string of the molecule is Cc1c(Cl)cccc1-n1c(N)nc2c(C)cccc21. The fraction of sp³-hybridized carbons (Fsp3) is 0.133. The van der Waals surface area contributed by atoms with Crippen molar-refractivity contribution in [2.24, 2.45) is 0 Å². The van der Waals surface area contributed by atoms with Crippen molar-refractivity contribution in [1.29, 1.82) is 0 Å². The van der Waals surface area contributed by atoms with Crippen molar-refractivity contribution in [2.45, 2.75) is 13.8 Å². The number of hydrogen-bond donors (Lipinski definition) is 1. The Balaban J connectivity index is 2.40. The number of benzene rings is 2. The summed E-state index contributed by atoms with van der Waals surface area (Å²) in [7, 11) is 0. The fourth-order valence-electron chi connectivity index (χ4n) is 2.35. The molecule has 2 N–H and O–H groups in total. The zero-order valence-electron chi connectivity index (χ0n) is 10.8. The number of para-hydroxylation sites is 1. The summed E-state index contributed by atoms with van der Waals surface area (Å²) in [5.74, 6) is 0.481. The number of imidazole rings is 1. The van der Waals surface area contributed by atoms with Crippen LogP contribution >= 0.6 is 11.6 Å². The van der Waals surface area contributed by atoms with E-state index in [0.717, 1.165) is 32.9 Å². The smallest absolute Gasteiger partial charge is 0.205 e. The molecule has 0 spiro atoms. The number of anilines is 1. The van der Waals surface area contributed by atoms with Gasteiger partial charge in [-0.2, -0.15) is 0 Å². The van der Waals surface area contributed by atoms with Crippen LogP contribution in [-0.2, 0) is 0 Å². The number of halogens is 1. The molecule has 4 heteroatoms. The van der Waals surface area contributed by atoms with Gasteiger partial charge in [0.05, 0.1) is 16.7 Å². The zero-order valence-corrected chi connectivity index (χ0v) is 11.6. The van der Waals surface area contributed by atoms with E-state index in [9.17, 15) is 0 Å². The lowest BCUT2D eigenvalue weighted by molar-refractivity contribution is 1.09. The van der Waals surface area contributed by atoms with Crippen LogP contribution in [0, 0.1) is 13.8 Å². The molecule has 0 unspecified atom stereocenters. The number of aryl methyl sites for hydroxylation is 1. The minimum atomic E-state index is 0.481. The number of nitrogens with two attached hydrogens (primary N) is 1. The van der Waals surface area contributed by atoms with Crippen molar-refractivity contribution in [3.63, 3.8) is 0 Å². The van der Waals surface area contributed by atoms with Crippen LogP contribution in [0.3, 0.4) is 0 Å². The molecule has 0 aliphatic heterocycles. The van der Waals surface area contributed by atoms with Gasteiger partial charge in [-0.1, -0.05) is 29.8 Å². The molecular formula is C15H14ClN3. The molecule has 0 saturated heterocycles. The first-order chi connectivity index (χ1) is 9.09. The minimum absolute atomic E-state index is 0.481. The summed E-state index contributed by atoms with van der Waals surface area (Å²) in [6.07, 6.45) is 0. The Bertz CT molecular complexity index is 774. The number of nitrogen functional groups attached to an aromatic ring is 1. The summed E-state index contributed by atoms with van der Waals surface area (Å²) >= 11 is 6.19.